The van der Waals surface area contributed by atoms with E-state index in [0.29, 0.717) is 17.1 Å². The number of halogens is 1. The standard InChI is InChI=1S/C16H16FNO5S/c17-12-3-1-11(2-4-12)14(19)7-8-18-24(20,21)13-5-6-15-16(9-13)23-10-22-15/h1-6,9,14,18-19H,7-8,10H2. The number of hydrogen-bond acceptors (Lipinski definition) is 5. The molecule has 1 atom stereocenters. The second kappa shape index (κ2) is 6.76. The zero-order valence-corrected chi connectivity index (χ0v) is 13.4. The Balaban J connectivity index is 1.60. The van der Waals surface area contributed by atoms with E-state index in [9.17, 15) is 17.9 Å². The minimum atomic E-state index is -3.72. The molecular weight excluding hydrogens is 337 g/mol. The van der Waals surface area contributed by atoms with Gasteiger partial charge in [-0.1, -0.05) is 12.1 Å². The molecule has 0 aromatic heterocycles. The van der Waals surface area contributed by atoms with Gasteiger partial charge in [0.25, 0.3) is 0 Å². The van der Waals surface area contributed by atoms with Gasteiger partial charge in [-0.05, 0) is 36.2 Å². The molecule has 1 aliphatic rings. The van der Waals surface area contributed by atoms with E-state index in [1.54, 1.807) is 0 Å². The largest absolute Gasteiger partial charge is 0.454 e. The summed E-state index contributed by atoms with van der Waals surface area (Å²) >= 11 is 0. The molecule has 1 aliphatic heterocycles. The van der Waals surface area contributed by atoms with Crippen LogP contribution in [0.4, 0.5) is 4.39 Å². The van der Waals surface area contributed by atoms with Crippen LogP contribution in [-0.4, -0.2) is 26.9 Å². The van der Waals surface area contributed by atoms with E-state index < -0.39 is 21.9 Å². The number of ether oxygens (including phenoxy) is 2. The van der Waals surface area contributed by atoms with E-state index >= 15 is 0 Å². The quantitative estimate of drug-likeness (QED) is 0.829. The van der Waals surface area contributed by atoms with E-state index in [4.69, 9.17) is 9.47 Å². The lowest BCUT2D eigenvalue weighted by Crippen LogP contribution is -2.26. The van der Waals surface area contributed by atoms with Crippen LogP contribution >= 0.6 is 0 Å². The third-order valence-corrected chi connectivity index (χ3v) is 5.08. The van der Waals surface area contributed by atoms with Crippen molar-refractivity contribution < 1.29 is 27.4 Å². The van der Waals surface area contributed by atoms with Crippen LogP contribution < -0.4 is 14.2 Å². The molecule has 0 spiro atoms. The lowest BCUT2D eigenvalue weighted by Gasteiger charge is -2.12. The van der Waals surface area contributed by atoms with Gasteiger partial charge in [0.2, 0.25) is 16.8 Å². The van der Waals surface area contributed by atoms with Gasteiger partial charge in [-0.2, -0.15) is 0 Å². The molecule has 2 N–H and O–H groups in total. The number of fused-ring (bicyclic) bond motifs is 1. The fourth-order valence-corrected chi connectivity index (χ4v) is 3.37. The summed E-state index contributed by atoms with van der Waals surface area (Å²) in [6.07, 6.45) is -0.722. The van der Waals surface area contributed by atoms with Crippen molar-refractivity contribution in [3.05, 3.63) is 53.8 Å². The molecule has 8 heteroatoms. The number of hydrogen-bond donors (Lipinski definition) is 2. The lowest BCUT2D eigenvalue weighted by atomic mass is 10.1. The van der Waals surface area contributed by atoms with Crippen LogP contribution in [0.15, 0.2) is 47.4 Å². The monoisotopic (exact) mass is 353 g/mol. The van der Waals surface area contributed by atoms with E-state index in [2.05, 4.69) is 4.72 Å². The average molecular weight is 353 g/mol. The first-order chi connectivity index (χ1) is 11.5. The molecule has 0 bridgehead atoms. The summed E-state index contributed by atoms with van der Waals surface area (Å²) in [5.74, 6) is 0.486. The Morgan fingerprint density at radius 1 is 1.12 bits per heavy atom. The van der Waals surface area contributed by atoms with E-state index in [1.165, 1.54) is 42.5 Å². The summed E-state index contributed by atoms with van der Waals surface area (Å²) in [6, 6.07) is 9.76. The number of aliphatic hydroxyl groups is 1. The highest BCUT2D eigenvalue weighted by Crippen LogP contribution is 2.33. The van der Waals surface area contributed by atoms with Gasteiger partial charge in [0.15, 0.2) is 11.5 Å². The van der Waals surface area contributed by atoms with E-state index in [-0.39, 0.29) is 24.7 Å². The summed E-state index contributed by atoms with van der Waals surface area (Å²) in [4.78, 5) is 0.0584. The van der Waals surface area contributed by atoms with Crippen molar-refractivity contribution in [1.82, 2.24) is 4.72 Å². The SMILES string of the molecule is O=S(=O)(NCCC(O)c1ccc(F)cc1)c1ccc2c(c1)OCO2. The molecule has 6 nitrogen and oxygen atoms in total. The summed E-state index contributed by atoms with van der Waals surface area (Å²) < 4.78 is 50.1. The molecule has 0 fully saturated rings. The van der Waals surface area contributed by atoms with Crippen molar-refractivity contribution >= 4 is 10.0 Å². The van der Waals surface area contributed by atoms with E-state index in [1.807, 2.05) is 0 Å². The minimum absolute atomic E-state index is 0.0370. The van der Waals surface area contributed by atoms with Gasteiger partial charge in [0.05, 0.1) is 11.0 Å². The van der Waals surface area contributed by atoms with Crippen molar-refractivity contribution in [2.45, 2.75) is 17.4 Å². The Hall–Kier alpha value is -2.16. The smallest absolute Gasteiger partial charge is 0.240 e. The maximum Gasteiger partial charge on any atom is 0.240 e. The van der Waals surface area contributed by atoms with Crippen molar-refractivity contribution in [1.29, 1.82) is 0 Å². The molecule has 24 heavy (non-hydrogen) atoms. The summed E-state index contributed by atoms with van der Waals surface area (Å²) in [5, 5.41) is 10.0. The van der Waals surface area contributed by atoms with Gasteiger partial charge in [0.1, 0.15) is 5.82 Å². The maximum atomic E-state index is 12.8. The van der Waals surface area contributed by atoms with Crippen LogP contribution in [0.25, 0.3) is 0 Å². The molecule has 3 rings (SSSR count). The van der Waals surface area contributed by atoms with Gasteiger partial charge < -0.3 is 14.6 Å². The predicted octanol–water partition coefficient (Wildman–Crippen LogP) is 1.96. The number of benzene rings is 2. The number of aliphatic hydroxyl groups excluding tert-OH is 1. The minimum Gasteiger partial charge on any atom is -0.454 e. The molecule has 1 heterocycles. The average Bonchev–Trinajstić information content (AvgIpc) is 3.02. The third-order valence-electron chi connectivity index (χ3n) is 3.62. The Morgan fingerprint density at radius 3 is 2.58 bits per heavy atom. The Kier molecular flexibility index (Phi) is 4.70. The Morgan fingerprint density at radius 2 is 1.83 bits per heavy atom. The van der Waals surface area contributed by atoms with Crippen LogP contribution in [0.1, 0.15) is 18.1 Å². The predicted molar refractivity (Wildman–Crippen MR) is 83.7 cm³/mol. The molecule has 0 radical (unpaired) electrons. The van der Waals surface area contributed by atoms with Gasteiger partial charge in [-0.15, -0.1) is 0 Å². The van der Waals surface area contributed by atoms with Crippen LogP contribution in [0.3, 0.4) is 0 Å². The molecular formula is C16H16FNO5S. The van der Waals surface area contributed by atoms with Crippen molar-refractivity contribution in [2.75, 3.05) is 13.3 Å². The van der Waals surface area contributed by atoms with Crippen LogP contribution in [-0.2, 0) is 10.0 Å². The third kappa shape index (κ3) is 3.66. The van der Waals surface area contributed by atoms with Gasteiger partial charge >= 0.3 is 0 Å². The summed E-state index contributed by atoms with van der Waals surface area (Å²) in [5.41, 5.74) is 0.527. The second-order valence-electron chi connectivity index (χ2n) is 5.27. The highest BCUT2D eigenvalue weighted by molar-refractivity contribution is 7.89. The number of rotatable bonds is 6. The van der Waals surface area contributed by atoms with Crippen LogP contribution in [0.5, 0.6) is 11.5 Å². The van der Waals surface area contributed by atoms with Crippen molar-refractivity contribution in [3.63, 3.8) is 0 Å². The van der Waals surface area contributed by atoms with Crippen LogP contribution in [0.2, 0.25) is 0 Å². The fourth-order valence-electron chi connectivity index (χ4n) is 2.31. The topological polar surface area (TPSA) is 84.9 Å². The number of nitrogens with one attached hydrogen (secondary N) is 1. The zero-order chi connectivity index (χ0) is 17.2. The highest BCUT2D eigenvalue weighted by atomic mass is 32.2. The Bertz CT molecular complexity index is 823. The van der Waals surface area contributed by atoms with E-state index in [0.717, 1.165) is 0 Å². The molecule has 0 aliphatic carbocycles. The first-order valence-corrected chi connectivity index (χ1v) is 8.77. The molecule has 2 aromatic carbocycles. The summed E-state index contributed by atoms with van der Waals surface area (Å²) in [6.45, 7) is 0.103. The second-order valence-corrected chi connectivity index (χ2v) is 7.04. The molecule has 0 saturated carbocycles. The first kappa shape index (κ1) is 16.7. The highest BCUT2D eigenvalue weighted by Gasteiger charge is 2.20. The summed E-state index contributed by atoms with van der Waals surface area (Å²) in [7, 11) is -3.72. The molecule has 1 unspecified atom stereocenters. The van der Waals surface area contributed by atoms with Crippen LogP contribution in [0, 0.1) is 5.82 Å². The molecule has 0 amide bonds. The van der Waals surface area contributed by atoms with Gasteiger partial charge in [-0.25, -0.2) is 17.5 Å². The zero-order valence-electron chi connectivity index (χ0n) is 12.6. The van der Waals surface area contributed by atoms with Gasteiger partial charge in [-0.3, -0.25) is 0 Å². The van der Waals surface area contributed by atoms with Crippen molar-refractivity contribution in [2.24, 2.45) is 0 Å². The lowest BCUT2D eigenvalue weighted by molar-refractivity contribution is 0.169. The Labute approximate surface area is 138 Å². The van der Waals surface area contributed by atoms with Crippen molar-refractivity contribution in [3.8, 4) is 11.5 Å². The fraction of sp³-hybridized carbons (Fsp3) is 0.250. The number of sulfonamides is 1. The van der Waals surface area contributed by atoms with Gasteiger partial charge in [0, 0.05) is 12.6 Å². The molecule has 0 saturated heterocycles. The normalized spacial score (nSPS) is 14.6. The molecule has 2 aromatic rings. The maximum absolute atomic E-state index is 12.8. The molecule has 128 valence electrons. The first-order valence-electron chi connectivity index (χ1n) is 7.28.